The van der Waals surface area contributed by atoms with E-state index in [-0.39, 0.29) is 11.3 Å². The third-order valence-electron chi connectivity index (χ3n) is 1.99. The molecule has 0 fully saturated rings. The molecule has 0 radical (unpaired) electrons. The van der Waals surface area contributed by atoms with Crippen molar-refractivity contribution in [2.45, 2.75) is 27.7 Å². The Morgan fingerprint density at radius 3 is 2.59 bits per heavy atom. The molecule has 0 spiro atoms. The lowest BCUT2D eigenvalue weighted by atomic mass is 9.98. The second kappa shape index (κ2) is 7.88. The summed E-state index contributed by atoms with van der Waals surface area (Å²) in [6.07, 6.45) is 3.78. The van der Waals surface area contributed by atoms with Gasteiger partial charge in [0.1, 0.15) is 0 Å². The van der Waals surface area contributed by atoms with Crippen molar-refractivity contribution in [3.8, 4) is 11.8 Å². The molecule has 0 unspecified atom stereocenters. The molecule has 0 saturated heterocycles. The summed E-state index contributed by atoms with van der Waals surface area (Å²) in [5.41, 5.74) is 2.14. The van der Waals surface area contributed by atoms with Crippen LogP contribution in [0.2, 0.25) is 0 Å². The van der Waals surface area contributed by atoms with E-state index in [9.17, 15) is 4.79 Å². The topological polar surface area (TPSA) is 58.4 Å². The molecule has 0 aromatic rings. The summed E-state index contributed by atoms with van der Waals surface area (Å²) in [6.45, 7) is 10.0. The summed E-state index contributed by atoms with van der Waals surface area (Å²) >= 11 is 0. The Kier molecular flexibility index (Phi) is 7.27. The molecule has 0 heterocycles. The molecular formula is C13H23N3O. The predicted octanol–water partition coefficient (Wildman–Crippen LogP) is 0.904. The zero-order valence-corrected chi connectivity index (χ0v) is 11.2. The minimum Gasteiger partial charge on any atom is -0.293 e. The Hall–Kier alpha value is -1.31. The Bertz CT molecular complexity index is 318. The molecule has 17 heavy (non-hydrogen) atoms. The van der Waals surface area contributed by atoms with Gasteiger partial charge < -0.3 is 0 Å². The minimum absolute atomic E-state index is 0.0220. The number of likely N-dealkylation sites (N-methyl/N-ethyl adjacent to an activating group) is 1. The molecule has 4 nitrogen and oxygen atoms in total. The van der Waals surface area contributed by atoms with Crippen LogP contribution in [0, 0.1) is 17.3 Å². The number of nitrogens with one attached hydrogen (secondary N) is 1. The Morgan fingerprint density at radius 2 is 2.12 bits per heavy atom. The second-order valence-electron chi connectivity index (χ2n) is 4.82. The molecule has 0 rings (SSSR count). The van der Waals surface area contributed by atoms with Crippen LogP contribution < -0.4 is 11.3 Å². The molecule has 0 atom stereocenters. The summed E-state index contributed by atoms with van der Waals surface area (Å²) in [4.78, 5) is 13.0. The molecule has 1 amide bonds. The van der Waals surface area contributed by atoms with Crippen LogP contribution in [0.5, 0.6) is 0 Å². The van der Waals surface area contributed by atoms with E-state index in [1.54, 1.807) is 0 Å². The average molecular weight is 237 g/mol. The standard InChI is InChI=1S/C13H23N3O/c1-5-16(11-12(17)15-14)10-8-6-7-9-13(2,3)4/h6,8H,5,10-11,14H2,1-4H3,(H,15,17). The fourth-order valence-corrected chi connectivity index (χ4v) is 1.07. The maximum Gasteiger partial charge on any atom is 0.248 e. The van der Waals surface area contributed by atoms with Gasteiger partial charge in [-0.05, 0) is 33.4 Å². The van der Waals surface area contributed by atoms with Gasteiger partial charge in [0, 0.05) is 12.0 Å². The maximum atomic E-state index is 11.1. The predicted molar refractivity (Wildman–Crippen MR) is 70.8 cm³/mol. The lowest BCUT2D eigenvalue weighted by molar-refractivity contribution is -0.122. The highest BCUT2D eigenvalue weighted by molar-refractivity contribution is 5.77. The molecule has 0 saturated carbocycles. The van der Waals surface area contributed by atoms with Crippen LogP contribution in [-0.4, -0.2) is 30.4 Å². The van der Waals surface area contributed by atoms with Crippen LogP contribution in [-0.2, 0) is 4.79 Å². The number of hydrogen-bond donors (Lipinski definition) is 2. The number of carbonyl (C=O) groups is 1. The van der Waals surface area contributed by atoms with Gasteiger partial charge in [-0.3, -0.25) is 15.1 Å². The first-order valence-corrected chi connectivity index (χ1v) is 5.78. The van der Waals surface area contributed by atoms with Crippen molar-refractivity contribution in [2.75, 3.05) is 19.6 Å². The molecule has 0 aliphatic rings. The monoisotopic (exact) mass is 237 g/mol. The number of amides is 1. The van der Waals surface area contributed by atoms with Crippen molar-refractivity contribution < 1.29 is 4.79 Å². The quantitative estimate of drug-likeness (QED) is 0.323. The normalized spacial score (nSPS) is 11.4. The number of carbonyl (C=O) groups excluding carboxylic acids is 1. The van der Waals surface area contributed by atoms with Gasteiger partial charge in [0.15, 0.2) is 0 Å². The smallest absolute Gasteiger partial charge is 0.248 e. The highest BCUT2D eigenvalue weighted by atomic mass is 16.2. The lowest BCUT2D eigenvalue weighted by Gasteiger charge is -2.16. The fraction of sp³-hybridized carbons (Fsp3) is 0.615. The van der Waals surface area contributed by atoms with Gasteiger partial charge in [-0.1, -0.05) is 24.8 Å². The summed E-state index contributed by atoms with van der Waals surface area (Å²) in [6, 6.07) is 0. The average Bonchev–Trinajstić information content (AvgIpc) is 2.25. The highest BCUT2D eigenvalue weighted by Crippen LogP contribution is 2.09. The molecular weight excluding hydrogens is 214 g/mol. The first-order valence-electron chi connectivity index (χ1n) is 5.78. The van der Waals surface area contributed by atoms with Gasteiger partial charge in [0.05, 0.1) is 6.54 Å². The van der Waals surface area contributed by atoms with Crippen LogP contribution in [0.1, 0.15) is 27.7 Å². The van der Waals surface area contributed by atoms with Gasteiger partial charge in [-0.2, -0.15) is 0 Å². The van der Waals surface area contributed by atoms with Crippen molar-refractivity contribution in [3.05, 3.63) is 12.2 Å². The Balaban J connectivity index is 4.09. The largest absolute Gasteiger partial charge is 0.293 e. The number of nitrogens with two attached hydrogens (primary N) is 1. The van der Waals surface area contributed by atoms with E-state index in [1.807, 2.05) is 24.0 Å². The van der Waals surface area contributed by atoms with E-state index >= 15 is 0 Å². The molecule has 0 aromatic heterocycles. The van der Waals surface area contributed by atoms with E-state index < -0.39 is 0 Å². The molecule has 0 aromatic carbocycles. The SMILES string of the molecule is CCN(CC=CC#CC(C)(C)C)CC(=O)NN. The fourth-order valence-electron chi connectivity index (χ4n) is 1.07. The van der Waals surface area contributed by atoms with Crippen LogP contribution in [0.4, 0.5) is 0 Å². The van der Waals surface area contributed by atoms with Crippen molar-refractivity contribution in [1.82, 2.24) is 10.3 Å². The Morgan fingerprint density at radius 1 is 1.47 bits per heavy atom. The first kappa shape index (κ1) is 15.7. The zero-order valence-electron chi connectivity index (χ0n) is 11.2. The number of hydrogen-bond acceptors (Lipinski definition) is 3. The van der Waals surface area contributed by atoms with Gasteiger partial charge in [0.25, 0.3) is 0 Å². The van der Waals surface area contributed by atoms with Gasteiger partial charge in [-0.15, -0.1) is 0 Å². The van der Waals surface area contributed by atoms with Crippen molar-refractivity contribution in [3.63, 3.8) is 0 Å². The number of allylic oxidation sites excluding steroid dienone is 1. The highest BCUT2D eigenvalue weighted by Gasteiger charge is 2.05. The van der Waals surface area contributed by atoms with Gasteiger partial charge in [0.2, 0.25) is 5.91 Å². The molecule has 0 aliphatic carbocycles. The van der Waals surface area contributed by atoms with E-state index in [0.717, 1.165) is 6.54 Å². The first-order chi connectivity index (χ1) is 7.89. The maximum absolute atomic E-state index is 11.1. The summed E-state index contributed by atoms with van der Waals surface area (Å²) in [7, 11) is 0. The summed E-state index contributed by atoms with van der Waals surface area (Å²) in [5.74, 6) is 11.0. The van der Waals surface area contributed by atoms with Crippen molar-refractivity contribution >= 4 is 5.91 Å². The summed E-state index contributed by atoms with van der Waals surface area (Å²) in [5, 5.41) is 0. The second-order valence-corrected chi connectivity index (χ2v) is 4.82. The third kappa shape index (κ3) is 9.61. The van der Waals surface area contributed by atoms with Crippen molar-refractivity contribution in [2.24, 2.45) is 11.3 Å². The van der Waals surface area contributed by atoms with Crippen LogP contribution in [0.3, 0.4) is 0 Å². The molecule has 96 valence electrons. The van der Waals surface area contributed by atoms with Gasteiger partial charge in [-0.25, -0.2) is 5.84 Å². The molecule has 3 N–H and O–H groups in total. The van der Waals surface area contributed by atoms with Gasteiger partial charge >= 0.3 is 0 Å². The third-order valence-corrected chi connectivity index (χ3v) is 1.99. The molecule has 4 heteroatoms. The number of hydrazine groups is 1. The number of rotatable bonds is 5. The summed E-state index contributed by atoms with van der Waals surface area (Å²) < 4.78 is 0. The van der Waals surface area contributed by atoms with Crippen LogP contribution in [0.15, 0.2) is 12.2 Å². The minimum atomic E-state index is -0.180. The van der Waals surface area contributed by atoms with E-state index in [0.29, 0.717) is 13.1 Å². The number of nitrogens with zero attached hydrogens (tertiary/aromatic N) is 1. The Labute approximate surface area is 104 Å². The van der Waals surface area contributed by atoms with E-state index in [2.05, 4.69) is 38.0 Å². The van der Waals surface area contributed by atoms with Crippen molar-refractivity contribution in [1.29, 1.82) is 0 Å². The molecule has 0 aliphatic heterocycles. The molecule has 0 bridgehead atoms. The lowest BCUT2D eigenvalue weighted by Crippen LogP contribution is -2.40. The zero-order chi connectivity index (χ0) is 13.3. The van der Waals surface area contributed by atoms with E-state index in [1.165, 1.54) is 0 Å². The van der Waals surface area contributed by atoms with Crippen LogP contribution in [0.25, 0.3) is 0 Å². The van der Waals surface area contributed by atoms with Crippen LogP contribution >= 0.6 is 0 Å². The van der Waals surface area contributed by atoms with E-state index in [4.69, 9.17) is 5.84 Å².